The van der Waals surface area contributed by atoms with Gasteiger partial charge in [-0.1, -0.05) is 23.7 Å². The highest BCUT2D eigenvalue weighted by Crippen LogP contribution is 2.16. The molecule has 0 spiro atoms. The third-order valence-corrected chi connectivity index (χ3v) is 2.48. The van der Waals surface area contributed by atoms with Crippen molar-refractivity contribution < 1.29 is 14.6 Å². The number of aliphatic hydroxyl groups is 1. The summed E-state index contributed by atoms with van der Waals surface area (Å²) < 4.78 is 4.81. The Hall–Kier alpha value is -1.81. The second kappa shape index (κ2) is 6.21. The second-order valence-electron chi connectivity index (χ2n) is 3.56. The van der Waals surface area contributed by atoms with Crippen molar-refractivity contribution in [2.75, 3.05) is 6.61 Å². The Balaban J connectivity index is 3.09. The van der Waals surface area contributed by atoms with Crippen molar-refractivity contribution in [3.63, 3.8) is 0 Å². The Kier molecular flexibility index (Phi) is 4.92. The molecule has 0 fully saturated rings. The maximum Gasteiger partial charge on any atom is 0.343 e. The molecule has 2 N–H and O–H groups in total. The summed E-state index contributed by atoms with van der Waals surface area (Å²) >= 11 is 5.75. The minimum absolute atomic E-state index is 0.0925. The zero-order chi connectivity index (χ0) is 13.7. The molecule has 4 nitrogen and oxygen atoms in total. The number of carbonyl (C=O) groups excluding carboxylic acids is 1. The summed E-state index contributed by atoms with van der Waals surface area (Å²) in [5.41, 5.74) is 0.250. The van der Waals surface area contributed by atoms with Crippen molar-refractivity contribution in [1.82, 2.24) is 0 Å². The zero-order valence-corrected chi connectivity index (χ0v) is 10.9. The number of esters is 1. The number of allylic oxidation sites excluding steroid dienone is 1. The van der Waals surface area contributed by atoms with E-state index < -0.39 is 5.97 Å². The smallest absolute Gasteiger partial charge is 0.343 e. The van der Waals surface area contributed by atoms with Gasteiger partial charge < -0.3 is 9.84 Å². The first-order valence-corrected chi connectivity index (χ1v) is 5.77. The van der Waals surface area contributed by atoms with Crippen molar-refractivity contribution >= 4 is 23.3 Å². The van der Waals surface area contributed by atoms with Crippen LogP contribution in [0.3, 0.4) is 0 Å². The molecule has 0 radical (unpaired) electrons. The molecule has 1 rings (SSSR count). The van der Waals surface area contributed by atoms with Gasteiger partial charge in [0.25, 0.3) is 0 Å². The molecule has 0 heterocycles. The molecule has 0 saturated heterocycles. The quantitative estimate of drug-likeness (QED) is 0.381. The lowest BCUT2D eigenvalue weighted by Gasteiger charge is -2.09. The van der Waals surface area contributed by atoms with Gasteiger partial charge >= 0.3 is 5.97 Å². The fraction of sp³-hybridized carbons (Fsp3) is 0.231. The lowest BCUT2D eigenvalue weighted by atomic mass is 10.0. The van der Waals surface area contributed by atoms with Crippen LogP contribution >= 0.6 is 11.6 Å². The minimum atomic E-state index is -0.711. The Morgan fingerprint density at radius 3 is 2.39 bits per heavy atom. The minimum Gasteiger partial charge on any atom is -0.512 e. The first-order chi connectivity index (χ1) is 8.47. The van der Waals surface area contributed by atoms with Gasteiger partial charge in [-0.3, -0.25) is 5.41 Å². The van der Waals surface area contributed by atoms with Gasteiger partial charge in [-0.2, -0.15) is 0 Å². The molecule has 0 aliphatic carbocycles. The lowest BCUT2D eigenvalue weighted by molar-refractivity contribution is -0.138. The average molecular weight is 268 g/mol. The molecule has 0 bridgehead atoms. The van der Waals surface area contributed by atoms with Crippen LogP contribution in [0.15, 0.2) is 35.6 Å². The summed E-state index contributed by atoms with van der Waals surface area (Å²) in [6.45, 7) is 3.19. The van der Waals surface area contributed by atoms with Crippen molar-refractivity contribution in [3.8, 4) is 0 Å². The van der Waals surface area contributed by atoms with E-state index in [0.717, 1.165) is 0 Å². The highest BCUT2D eigenvalue weighted by Gasteiger charge is 2.20. The fourth-order valence-corrected chi connectivity index (χ4v) is 1.52. The maximum absolute atomic E-state index is 11.7. The van der Waals surface area contributed by atoms with E-state index in [1.807, 2.05) is 0 Å². The number of nitrogens with one attached hydrogen (secondary N) is 1. The van der Waals surface area contributed by atoms with E-state index in [0.29, 0.717) is 10.6 Å². The monoisotopic (exact) mass is 267 g/mol. The third-order valence-electron chi connectivity index (χ3n) is 2.22. The number of rotatable bonds is 4. The Bertz CT molecular complexity index is 487. The van der Waals surface area contributed by atoms with Crippen LogP contribution in [0, 0.1) is 5.41 Å². The number of aliphatic hydroxyl groups excluding tert-OH is 1. The molecule has 1 aromatic rings. The summed E-state index contributed by atoms with van der Waals surface area (Å²) in [5.74, 6) is -0.953. The Morgan fingerprint density at radius 2 is 1.94 bits per heavy atom. The number of carbonyl (C=O) groups is 1. The number of halogens is 1. The van der Waals surface area contributed by atoms with Gasteiger partial charge in [0.05, 0.1) is 12.3 Å². The number of hydrogen-bond donors (Lipinski definition) is 2. The normalized spacial score (nSPS) is 11.7. The van der Waals surface area contributed by atoms with Crippen molar-refractivity contribution in [1.29, 1.82) is 5.41 Å². The molecule has 0 aliphatic rings. The van der Waals surface area contributed by atoms with Crippen LogP contribution in [-0.2, 0) is 9.53 Å². The summed E-state index contributed by atoms with van der Waals surface area (Å²) in [6, 6.07) is 6.43. The van der Waals surface area contributed by atoms with Gasteiger partial charge in [0.2, 0.25) is 0 Å². The van der Waals surface area contributed by atoms with E-state index in [1.54, 1.807) is 31.2 Å². The fourth-order valence-electron chi connectivity index (χ4n) is 1.39. The van der Waals surface area contributed by atoms with Gasteiger partial charge in [0, 0.05) is 10.6 Å². The van der Waals surface area contributed by atoms with Crippen molar-refractivity contribution in [3.05, 3.63) is 46.2 Å². The summed E-state index contributed by atoms with van der Waals surface area (Å²) in [4.78, 5) is 11.7. The van der Waals surface area contributed by atoms with E-state index >= 15 is 0 Å². The largest absolute Gasteiger partial charge is 0.512 e. The molecule has 0 unspecified atom stereocenters. The van der Waals surface area contributed by atoms with Crippen LogP contribution in [0.25, 0.3) is 0 Å². The van der Waals surface area contributed by atoms with Crippen LogP contribution in [0.4, 0.5) is 0 Å². The Morgan fingerprint density at radius 1 is 1.39 bits per heavy atom. The SMILES string of the molecule is CCOC(=O)/C(C(=N)c1ccc(Cl)cc1)=C(/C)O. The predicted molar refractivity (Wildman–Crippen MR) is 70.2 cm³/mol. The van der Waals surface area contributed by atoms with Crippen LogP contribution in [-0.4, -0.2) is 23.4 Å². The molecule has 0 saturated carbocycles. The Labute approximate surface area is 110 Å². The third kappa shape index (κ3) is 3.34. The molecule has 18 heavy (non-hydrogen) atoms. The molecule has 0 aromatic heterocycles. The van der Waals surface area contributed by atoms with Crippen LogP contribution in [0.2, 0.25) is 5.02 Å². The van der Waals surface area contributed by atoms with Crippen molar-refractivity contribution in [2.45, 2.75) is 13.8 Å². The zero-order valence-electron chi connectivity index (χ0n) is 10.2. The lowest BCUT2D eigenvalue weighted by Crippen LogP contribution is -2.18. The van der Waals surface area contributed by atoms with E-state index in [4.69, 9.17) is 21.7 Å². The second-order valence-corrected chi connectivity index (χ2v) is 4.00. The maximum atomic E-state index is 11.7. The van der Waals surface area contributed by atoms with E-state index in [-0.39, 0.29) is 23.7 Å². The molecular weight excluding hydrogens is 254 g/mol. The van der Waals surface area contributed by atoms with E-state index in [2.05, 4.69) is 0 Å². The van der Waals surface area contributed by atoms with Gasteiger partial charge in [0.1, 0.15) is 11.3 Å². The molecule has 0 amide bonds. The highest BCUT2D eigenvalue weighted by atomic mass is 35.5. The number of benzene rings is 1. The summed E-state index contributed by atoms with van der Waals surface area (Å²) in [5, 5.41) is 18.0. The summed E-state index contributed by atoms with van der Waals surface area (Å²) in [7, 11) is 0. The van der Waals surface area contributed by atoms with Crippen LogP contribution in [0.1, 0.15) is 19.4 Å². The van der Waals surface area contributed by atoms with E-state index in [1.165, 1.54) is 6.92 Å². The first-order valence-electron chi connectivity index (χ1n) is 5.39. The molecular formula is C13H14ClNO3. The van der Waals surface area contributed by atoms with Gasteiger partial charge in [-0.25, -0.2) is 4.79 Å². The average Bonchev–Trinajstić information content (AvgIpc) is 2.29. The van der Waals surface area contributed by atoms with Crippen molar-refractivity contribution in [2.24, 2.45) is 0 Å². The number of hydrogen-bond acceptors (Lipinski definition) is 4. The van der Waals surface area contributed by atoms with Crippen LogP contribution in [0.5, 0.6) is 0 Å². The van der Waals surface area contributed by atoms with E-state index in [9.17, 15) is 9.90 Å². The van der Waals surface area contributed by atoms with Gasteiger partial charge in [-0.15, -0.1) is 0 Å². The van der Waals surface area contributed by atoms with Crippen LogP contribution < -0.4 is 0 Å². The first kappa shape index (κ1) is 14.3. The molecule has 0 atom stereocenters. The highest BCUT2D eigenvalue weighted by molar-refractivity contribution is 6.31. The molecule has 1 aromatic carbocycles. The van der Waals surface area contributed by atoms with Gasteiger partial charge in [-0.05, 0) is 26.0 Å². The summed E-state index contributed by atoms with van der Waals surface area (Å²) in [6.07, 6.45) is 0. The topological polar surface area (TPSA) is 70.4 Å². The number of ether oxygens (including phenoxy) is 1. The molecule has 0 aliphatic heterocycles. The standard InChI is InChI=1S/C13H14ClNO3/c1-3-18-13(17)11(8(2)16)12(15)9-4-6-10(14)7-5-9/h4-7,15-16H,3H2,1-2H3/b11-8-,15-12?. The molecule has 5 heteroatoms. The molecule has 96 valence electrons. The predicted octanol–water partition coefficient (Wildman–Crippen LogP) is 3.10. The van der Waals surface area contributed by atoms with Gasteiger partial charge in [0.15, 0.2) is 0 Å².